The van der Waals surface area contributed by atoms with Crippen molar-refractivity contribution < 1.29 is 14.3 Å². The largest absolute Gasteiger partial charge is 0.497 e. The Balaban J connectivity index is 1.33. The Kier molecular flexibility index (Phi) is 6.21. The summed E-state index contributed by atoms with van der Waals surface area (Å²) in [5, 5.41) is 2.94. The lowest BCUT2D eigenvalue weighted by Crippen LogP contribution is -2.46. The summed E-state index contributed by atoms with van der Waals surface area (Å²) in [6.45, 7) is 3.57. The summed E-state index contributed by atoms with van der Waals surface area (Å²) in [6, 6.07) is 20.8. The number of ether oxygens (including phenoxy) is 2. The second-order valence-corrected chi connectivity index (χ2v) is 7.24. The third-order valence-corrected chi connectivity index (χ3v) is 5.36. The van der Waals surface area contributed by atoms with Gasteiger partial charge in [0.25, 0.3) is 5.91 Å². The molecule has 3 aromatic rings. The number of amides is 1. The molecule has 0 radical (unpaired) electrons. The number of anilines is 3. The van der Waals surface area contributed by atoms with Gasteiger partial charge < -0.3 is 24.6 Å². The van der Waals surface area contributed by atoms with Crippen LogP contribution in [0.25, 0.3) is 0 Å². The fourth-order valence-electron chi connectivity index (χ4n) is 3.59. The first-order chi connectivity index (χ1) is 15.2. The van der Waals surface area contributed by atoms with Gasteiger partial charge in [-0.3, -0.25) is 4.79 Å². The first-order valence-corrected chi connectivity index (χ1v) is 10.2. The fourth-order valence-corrected chi connectivity index (χ4v) is 3.59. The monoisotopic (exact) mass is 418 g/mol. The third kappa shape index (κ3) is 4.88. The lowest BCUT2D eigenvalue weighted by molar-refractivity contribution is 0.102. The van der Waals surface area contributed by atoms with Crippen LogP contribution < -0.4 is 24.6 Å². The molecule has 2 aromatic carbocycles. The summed E-state index contributed by atoms with van der Waals surface area (Å²) in [7, 11) is 3.24. The molecule has 7 nitrogen and oxygen atoms in total. The predicted molar refractivity (Wildman–Crippen MR) is 123 cm³/mol. The number of carbonyl (C=O) groups excluding carboxylic acids is 1. The highest BCUT2D eigenvalue weighted by atomic mass is 16.5. The van der Waals surface area contributed by atoms with Crippen molar-refractivity contribution in [1.82, 2.24) is 4.98 Å². The van der Waals surface area contributed by atoms with E-state index in [1.807, 2.05) is 42.5 Å². The standard InChI is InChI=1S/C24H26N4O3/c1-30-21-12-6-18(7-13-21)24(29)25-19-8-10-20(11-9-19)27-14-16-28(17-15-27)22-4-3-5-23(26-22)31-2/h3-13H,14-17H2,1-2H3,(H,25,29). The number of methoxy groups -OCH3 is 2. The molecule has 4 rings (SSSR count). The Morgan fingerprint density at radius 3 is 2.16 bits per heavy atom. The minimum Gasteiger partial charge on any atom is -0.497 e. The summed E-state index contributed by atoms with van der Waals surface area (Å²) < 4.78 is 10.4. The smallest absolute Gasteiger partial charge is 0.255 e. The molecular formula is C24H26N4O3. The normalized spacial score (nSPS) is 13.6. The Morgan fingerprint density at radius 1 is 0.839 bits per heavy atom. The second-order valence-electron chi connectivity index (χ2n) is 7.24. The average molecular weight is 418 g/mol. The van der Waals surface area contributed by atoms with Crippen LogP contribution in [-0.4, -0.2) is 51.3 Å². The van der Waals surface area contributed by atoms with Crippen molar-refractivity contribution in [1.29, 1.82) is 0 Å². The second kappa shape index (κ2) is 9.38. The van der Waals surface area contributed by atoms with Crippen LogP contribution in [0.15, 0.2) is 66.7 Å². The van der Waals surface area contributed by atoms with E-state index in [2.05, 4.69) is 20.1 Å². The highest BCUT2D eigenvalue weighted by Crippen LogP contribution is 2.23. The van der Waals surface area contributed by atoms with E-state index in [9.17, 15) is 4.79 Å². The van der Waals surface area contributed by atoms with Gasteiger partial charge in [-0.25, -0.2) is 0 Å². The summed E-state index contributed by atoms with van der Waals surface area (Å²) >= 11 is 0. The van der Waals surface area contributed by atoms with Crippen LogP contribution in [0.2, 0.25) is 0 Å². The van der Waals surface area contributed by atoms with Crippen molar-refractivity contribution in [2.75, 3.05) is 55.5 Å². The lowest BCUT2D eigenvalue weighted by atomic mass is 10.2. The molecule has 1 fully saturated rings. The first-order valence-electron chi connectivity index (χ1n) is 10.2. The van der Waals surface area contributed by atoms with E-state index in [0.29, 0.717) is 11.4 Å². The Bertz CT molecular complexity index is 1010. The van der Waals surface area contributed by atoms with Crippen molar-refractivity contribution in [3.8, 4) is 11.6 Å². The zero-order chi connectivity index (χ0) is 21.6. The molecule has 0 saturated carbocycles. The molecule has 31 heavy (non-hydrogen) atoms. The van der Waals surface area contributed by atoms with Crippen LogP contribution >= 0.6 is 0 Å². The molecule has 1 amide bonds. The minimum absolute atomic E-state index is 0.144. The summed E-state index contributed by atoms with van der Waals surface area (Å²) in [4.78, 5) is 21.6. The number of rotatable bonds is 6. The van der Waals surface area contributed by atoms with Gasteiger partial charge in [-0.1, -0.05) is 6.07 Å². The average Bonchev–Trinajstić information content (AvgIpc) is 2.84. The molecule has 0 aliphatic carbocycles. The van der Waals surface area contributed by atoms with Gasteiger partial charge in [0.05, 0.1) is 14.2 Å². The number of pyridine rings is 1. The van der Waals surface area contributed by atoms with E-state index in [1.54, 1.807) is 38.5 Å². The van der Waals surface area contributed by atoms with E-state index in [4.69, 9.17) is 9.47 Å². The molecular weight excluding hydrogens is 392 g/mol. The molecule has 1 aliphatic heterocycles. The topological polar surface area (TPSA) is 66.9 Å². The number of hydrogen-bond donors (Lipinski definition) is 1. The van der Waals surface area contributed by atoms with Crippen LogP contribution in [0.5, 0.6) is 11.6 Å². The zero-order valence-corrected chi connectivity index (χ0v) is 17.7. The Labute approximate surface area is 182 Å². The van der Waals surface area contributed by atoms with E-state index < -0.39 is 0 Å². The highest BCUT2D eigenvalue weighted by molar-refractivity contribution is 6.04. The lowest BCUT2D eigenvalue weighted by Gasteiger charge is -2.36. The van der Waals surface area contributed by atoms with Gasteiger partial charge >= 0.3 is 0 Å². The summed E-state index contributed by atoms with van der Waals surface area (Å²) in [6.07, 6.45) is 0. The SMILES string of the molecule is COc1ccc(C(=O)Nc2ccc(N3CCN(c4cccc(OC)n4)CC3)cc2)cc1. The van der Waals surface area contributed by atoms with E-state index >= 15 is 0 Å². The maximum absolute atomic E-state index is 12.4. The van der Waals surface area contributed by atoms with Crippen molar-refractivity contribution in [2.24, 2.45) is 0 Å². The van der Waals surface area contributed by atoms with Crippen LogP contribution in [0.3, 0.4) is 0 Å². The molecule has 0 atom stereocenters. The van der Waals surface area contributed by atoms with Gasteiger partial charge in [-0.2, -0.15) is 4.98 Å². The number of benzene rings is 2. The maximum Gasteiger partial charge on any atom is 0.255 e. The number of carbonyl (C=O) groups is 1. The fraction of sp³-hybridized carbons (Fsp3) is 0.250. The summed E-state index contributed by atoms with van der Waals surface area (Å²) in [5.74, 6) is 2.15. The molecule has 1 aromatic heterocycles. The van der Waals surface area contributed by atoms with E-state index in [1.165, 1.54) is 0 Å². The summed E-state index contributed by atoms with van der Waals surface area (Å²) in [5.41, 5.74) is 2.50. The zero-order valence-electron chi connectivity index (χ0n) is 17.7. The van der Waals surface area contributed by atoms with Gasteiger partial charge in [0, 0.05) is 49.2 Å². The number of nitrogens with zero attached hydrogens (tertiary/aromatic N) is 3. The van der Waals surface area contributed by atoms with Crippen molar-refractivity contribution in [3.05, 3.63) is 72.3 Å². The van der Waals surface area contributed by atoms with E-state index in [-0.39, 0.29) is 5.91 Å². The predicted octanol–water partition coefficient (Wildman–Crippen LogP) is 3.68. The van der Waals surface area contributed by atoms with Crippen molar-refractivity contribution in [2.45, 2.75) is 0 Å². The van der Waals surface area contributed by atoms with Crippen molar-refractivity contribution >= 4 is 23.1 Å². The molecule has 2 heterocycles. The highest BCUT2D eigenvalue weighted by Gasteiger charge is 2.19. The molecule has 1 aliphatic rings. The minimum atomic E-state index is -0.144. The van der Waals surface area contributed by atoms with Crippen molar-refractivity contribution in [3.63, 3.8) is 0 Å². The molecule has 160 valence electrons. The molecule has 7 heteroatoms. The van der Waals surface area contributed by atoms with Crippen LogP contribution in [0, 0.1) is 0 Å². The Hall–Kier alpha value is -3.74. The van der Waals surface area contributed by atoms with Crippen LogP contribution in [0.4, 0.5) is 17.2 Å². The quantitative estimate of drug-likeness (QED) is 0.659. The number of nitrogens with one attached hydrogen (secondary N) is 1. The molecule has 1 saturated heterocycles. The number of aromatic nitrogens is 1. The maximum atomic E-state index is 12.4. The molecule has 0 unspecified atom stereocenters. The van der Waals surface area contributed by atoms with Gasteiger partial charge in [-0.15, -0.1) is 0 Å². The van der Waals surface area contributed by atoms with Gasteiger partial charge in [0.1, 0.15) is 11.6 Å². The molecule has 0 spiro atoms. The number of piperazine rings is 1. The first kappa shape index (κ1) is 20.5. The van der Waals surface area contributed by atoms with Gasteiger partial charge in [0.2, 0.25) is 5.88 Å². The van der Waals surface area contributed by atoms with E-state index in [0.717, 1.165) is 49.1 Å². The third-order valence-electron chi connectivity index (χ3n) is 5.36. The Morgan fingerprint density at radius 2 is 1.52 bits per heavy atom. The van der Waals surface area contributed by atoms with Crippen LogP contribution in [0.1, 0.15) is 10.4 Å². The van der Waals surface area contributed by atoms with Crippen LogP contribution in [-0.2, 0) is 0 Å². The molecule has 0 bridgehead atoms. The molecule has 1 N–H and O–H groups in total. The number of hydrogen-bond acceptors (Lipinski definition) is 6. The van der Waals surface area contributed by atoms with Gasteiger partial charge in [0.15, 0.2) is 0 Å². The van der Waals surface area contributed by atoms with Gasteiger partial charge in [-0.05, 0) is 54.6 Å².